The van der Waals surface area contributed by atoms with Crippen molar-refractivity contribution < 1.29 is 5.11 Å². The average molecular weight is 254 g/mol. The summed E-state index contributed by atoms with van der Waals surface area (Å²) in [5.41, 5.74) is 0.486. The van der Waals surface area contributed by atoms with Crippen LogP contribution in [0, 0.1) is 11.3 Å². The van der Waals surface area contributed by atoms with Gasteiger partial charge in [-0.05, 0) is 63.2 Å². The molecule has 0 aromatic rings. The molecule has 0 spiro atoms. The fourth-order valence-corrected chi connectivity index (χ4v) is 3.69. The Morgan fingerprint density at radius 3 is 2.50 bits per heavy atom. The van der Waals surface area contributed by atoms with E-state index in [9.17, 15) is 5.11 Å². The lowest BCUT2D eigenvalue weighted by Crippen LogP contribution is -2.49. The Labute approximate surface area is 112 Å². The molecule has 2 heterocycles. The molecule has 0 saturated carbocycles. The molecule has 1 atom stereocenters. The zero-order valence-corrected chi connectivity index (χ0v) is 12.2. The molecule has 0 aliphatic carbocycles. The van der Waals surface area contributed by atoms with Gasteiger partial charge in [0.25, 0.3) is 0 Å². The van der Waals surface area contributed by atoms with E-state index in [0.717, 1.165) is 0 Å². The van der Waals surface area contributed by atoms with E-state index in [1.54, 1.807) is 0 Å². The van der Waals surface area contributed by atoms with Crippen LogP contribution in [0.2, 0.25) is 0 Å². The summed E-state index contributed by atoms with van der Waals surface area (Å²) >= 11 is 0. The van der Waals surface area contributed by atoms with Crippen LogP contribution in [0.15, 0.2) is 0 Å². The lowest BCUT2D eigenvalue weighted by Gasteiger charge is -2.44. The highest BCUT2D eigenvalue weighted by atomic mass is 16.3. The summed E-state index contributed by atoms with van der Waals surface area (Å²) in [7, 11) is 0. The molecule has 2 fully saturated rings. The average Bonchev–Trinajstić information content (AvgIpc) is 2.39. The summed E-state index contributed by atoms with van der Waals surface area (Å²) in [5.74, 6) is 0.563. The van der Waals surface area contributed by atoms with Crippen molar-refractivity contribution in [3.63, 3.8) is 0 Å². The smallest absolute Gasteiger partial charge is 0.0460 e. The van der Waals surface area contributed by atoms with Crippen LogP contribution < -0.4 is 0 Å². The van der Waals surface area contributed by atoms with Gasteiger partial charge in [-0.15, -0.1) is 0 Å². The van der Waals surface area contributed by atoms with Crippen molar-refractivity contribution in [2.24, 2.45) is 11.3 Å². The standard InChI is InChI=1S/C15H30N2O/c1-3-16-8-4-7-15(2,12-16)13-17-9-5-14(11-18)6-10-17/h14,18H,3-13H2,1-2H3/t15-/m1/s1. The van der Waals surface area contributed by atoms with Crippen LogP contribution in [0.4, 0.5) is 0 Å². The summed E-state index contributed by atoms with van der Waals surface area (Å²) in [6.45, 7) is 12.5. The summed E-state index contributed by atoms with van der Waals surface area (Å²) in [6, 6.07) is 0. The molecule has 0 unspecified atom stereocenters. The van der Waals surface area contributed by atoms with Crippen LogP contribution in [-0.2, 0) is 0 Å². The Morgan fingerprint density at radius 1 is 1.17 bits per heavy atom. The van der Waals surface area contributed by atoms with Gasteiger partial charge in [0.05, 0.1) is 0 Å². The molecule has 2 aliphatic rings. The topological polar surface area (TPSA) is 26.7 Å². The second-order valence-corrected chi connectivity index (χ2v) is 6.69. The number of piperidine rings is 2. The molecule has 2 rings (SSSR count). The van der Waals surface area contributed by atoms with Crippen LogP contribution in [0.5, 0.6) is 0 Å². The van der Waals surface area contributed by atoms with E-state index >= 15 is 0 Å². The van der Waals surface area contributed by atoms with Crippen molar-refractivity contribution >= 4 is 0 Å². The maximum atomic E-state index is 9.19. The van der Waals surface area contributed by atoms with Gasteiger partial charge in [-0.1, -0.05) is 13.8 Å². The number of rotatable bonds is 4. The first-order valence-corrected chi connectivity index (χ1v) is 7.71. The highest BCUT2D eigenvalue weighted by Gasteiger charge is 2.33. The normalized spacial score (nSPS) is 32.8. The van der Waals surface area contributed by atoms with Gasteiger partial charge in [0.15, 0.2) is 0 Å². The molecule has 2 saturated heterocycles. The molecule has 0 aromatic heterocycles. The van der Waals surface area contributed by atoms with Gasteiger partial charge in [-0.25, -0.2) is 0 Å². The monoisotopic (exact) mass is 254 g/mol. The minimum Gasteiger partial charge on any atom is -0.396 e. The van der Waals surface area contributed by atoms with Gasteiger partial charge in [0.2, 0.25) is 0 Å². The van der Waals surface area contributed by atoms with Crippen molar-refractivity contribution in [2.45, 2.75) is 39.5 Å². The minimum absolute atomic E-state index is 0.384. The van der Waals surface area contributed by atoms with Crippen molar-refractivity contribution in [1.82, 2.24) is 9.80 Å². The maximum absolute atomic E-state index is 9.19. The molecule has 0 aromatic carbocycles. The van der Waals surface area contributed by atoms with Gasteiger partial charge >= 0.3 is 0 Å². The molecule has 18 heavy (non-hydrogen) atoms. The molecule has 0 bridgehead atoms. The van der Waals surface area contributed by atoms with E-state index in [2.05, 4.69) is 23.6 Å². The number of likely N-dealkylation sites (tertiary alicyclic amines) is 2. The zero-order valence-electron chi connectivity index (χ0n) is 12.2. The first-order valence-electron chi connectivity index (χ1n) is 7.71. The van der Waals surface area contributed by atoms with E-state index in [4.69, 9.17) is 0 Å². The van der Waals surface area contributed by atoms with E-state index < -0.39 is 0 Å². The number of aliphatic hydroxyl groups is 1. The first kappa shape index (κ1) is 14.3. The van der Waals surface area contributed by atoms with Crippen molar-refractivity contribution in [1.29, 1.82) is 0 Å². The Kier molecular flexibility index (Phi) is 5.05. The highest BCUT2D eigenvalue weighted by Crippen LogP contribution is 2.31. The number of aliphatic hydroxyl groups excluding tert-OH is 1. The van der Waals surface area contributed by atoms with E-state index in [0.29, 0.717) is 17.9 Å². The first-order chi connectivity index (χ1) is 8.65. The second kappa shape index (κ2) is 6.36. The Balaban J connectivity index is 1.81. The molecule has 3 heteroatoms. The lowest BCUT2D eigenvalue weighted by molar-refractivity contribution is 0.0451. The number of nitrogens with zero attached hydrogens (tertiary/aromatic N) is 2. The molecular weight excluding hydrogens is 224 g/mol. The second-order valence-electron chi connectivity index (χ2n) is 6.69. The zero-order chi connectivity index (χ0) is 13.0. The van der Waals surface area contributed by atoms with Crippen molar-refractivity contribution in [3.8, 4) is 0 Å². The van der Waals surface area contributed by atoms with E-state index in [1.165, 1.54) is 65.0 Å². The lowest BCUT2D eigenvalue weighted by atomic mass is 9.80. The third-order valence-electron chi connectivity index (χ3n) is 4.88. The summed E-state index contributed by atoms with van der Waals surface area (Å²) in [4.78, 5) is 5.23. The van der Waals surface area contributed by atoms with Gasteiger partial charge in [-0.3, -0.25) is 0 Å². The van der Waals surface area contributed by atoms with Crippen LogP contribution in [0.3, 0.4) is 0 Å². The van der Waals surface area contributed by atoms with E-state index in [-0.39, 0.29) is 0 Å². The third-order valence-corrected chi connectivity index (χ3v) is 4.88. The predicted molar refractivity (Wildman–Crippen MR) is 75.7 cm³/mol. The van der Waals surface area contributed by atoms with E-state index in [1.807, 2.05) is 0 Å². The fourth-order valence-electron chi connectivity index (χ4n) is 3.69. The largest absolute Gasteiger partial charge is 0.396 e. The predicted octanol–water partition coefficient (Wildman–Crippen LogP) is 1.81. The van der Waals surface area contributed by atoms with Crippen molar-refractivity contribution in [2.75, 3.05) is 45.9 Å². The van der Waals surface area contributed by atoms with Crippen LogP contribution in [-0.4, -0.2) is 60.8 Å². The third kappa shape index (κ3) is 3.69. The molecule has 106 valence electrons. The maximum Gasteiger partial charge on any atom is 0.0460 e. The molecule has 2 aliphatic heterocycles. The van der Waals surface area contributed by atoms with Crippen LogP contribution in [0.25, 0.3) is 0 Å². The van der Waals surface area contributed by atoms with Gasteiger partial charge in [-0.2, -0.15) is 0 Å². The van der Waals surface area contributed by atoms with Gasteiger partial charge in [0, 0.05) is 19.7 Å². The quantitative estimate of drug-likeness (QED) is 0.829. The Hall–Kier alpha value is -0.120. The molecule has 1 N–H and O–H groups in total. The summed E-state index contributed by atoms with van der Waals surface area (Å²) < 4.78 is 0. The summed E-state index contributed by atoms with van der Waals surface area (Å²) in [6.07, 6.45) is 5.11. The molecular formula is C15H30N2O. The number of hydrogen-bond donors (Lipinski definition) is 1. The molecule has 3 nitrogen and oxygen atoms in total. The molecule has 0 amide bonds. The van der Waals surface area contributed by atoms with Crippen molar-refractivity contribution in [3.05, 3.63) is 0 Å². The van der Waals surface area contributed by atoms with Crippen LogP contribution >= 0.6 is 0 Å². The van der Waals surface area contributed by atoms with Crippen LogP contribution in [0.1, 0.15) is 39.5 Å². The number of hydrogen-bond acceptors (Lipinski definition) is 3. The fraction of sp³-hybridized carbons (Fsp3) is 1.00. The minimum atomic E-state index is 0.384. The highest BCUT2D eigenvalue weighted by molar-refractivity contribution is 4.87. The molecule has 0 radical (unpaired) electrons. The van der Waals surface area contributed by atoms with Gasteiger partial charge in [0.1, 0.15) is 0 Å². The Morgan fingerprint density at radius 2 is 1.89 bits per heavy atom. The van der Waals surface area contributed by atoms with Gasteiger partial charge < -0.3 is 14.9 Å². The SMILES string of the molecule is CCN1CCC[C@@](C)(CN2CCC(CO)CC2)C1. The summed E-state index contributed by atoms with van der Waals surface area (Å²) in [5, 5.41) is 9.19. The Bertz CT molecular complexity index is 251.